The van der Waals surface area contributed by atoms with Gasteiger partial charge in [-0.3, -0.25) is 0 Å². The van der Waals surface area contributed by atoms with Gasteiger partial charge in [-0.15, -0.1) is 0 Å². The van der Waals surface area contributed by atoms with Crippen molar-refractivity contribution in [3.05, 3.63) is 12.1 Å². The third-order valence-electron chi connectivity index (χ3n) is 0.372. The third-order valence-corrected chi connectivity index (χ3v) is 0.372. The summed E-state index contributed by atoms with van der Waals surface area (Å²) in [5.41, 5.74) is 0.947. The molecule has 0 aliphatic heterocycles. The molecule has 1 nitrogen and oxygen atoms in total. The van der Waals surface area contributed by atoms with Crippen molar-refractivity contribution < 1.29 is 6.03 Å². The second-order valence-corrected chi connectivity index (χ2v) is 1.28. The van der Waals surface area contributed by atoms with E-state index in [2.05, 4.69) is 0 Å². The fraction of sp³-hybridized carbons (Fsp3) is 0.500. The fourth-order valence-electron chi connectivity index (χ4n) is 0.228. The van der Waals surface area contributed by atoms with Crippen LogP contribution in [0.1, 0.15) is 8.29 Å². The lowest BCUT2D eigenvalue weighted by molar-refractivity contribution is 0.389. The molecule has 0 bridgehead atoms. The molecule has 0 rings (SSSR count). The van der Waals surface area contributed by atoms with E-state index in [4.69, 9.17) is 6.03 Å². The van der Waals surface area contributed by atoms with E-state index in [0.717, 1.165) is 5.57 Å². The van der Waals surface area contributed by atoms with Gasteiger partial charge in [0, 0.05) is 6.61 Å². The highest BCUT2D eigenvalue weighted by atomic mass is 16.4. The largest absolute Gasteiger partial charge is 0.440 e. The first-order valence-electron chi connectivity index (χ1n) is 2.42. The van der Waals surface area contributed by atoms with Crippen molar-refractivity contribution in [3.63, 3.8) is 0 Å². The van der Waals surface area contributed by atoms with Gasteiger partial charge in [0.2, 0.25) is 0 Å². The Balaban J connectivity index is 3.17. The lowest BCUT2D eigenvalue weighted by atomic mass is 10.4. The average Bonchev–Trinajstić information content (AvgIpc) is 1.68. The van der Waals surface area contributed by atoms with Gasteiger partial charge in [0.25, 0.3) is 8.05 Å². The lowest BCUT2D eigenvalue weighted by Crippen LogP contribution is -1.87. The van der Waals surface area contributed by atoms with E-state index < -0.39 is 0 Å². The molecule has 0 saturated carbocycles. The van der Waals surface area contributed by atoms with Gasteiger partial charge in [0.05, 0.1) is 1.37 Å². The Labute approximate surface area is 40.8 Å². The van der Waals surface area contributed by atoms with E-state index in [1.165, 1.54) is 6.55 Å². The maximum atomic E-state index is 6.67. The van der Waals surface area contributed by atoms with Crippen LogP contribution in [0.3, 0.4) is 0 Å². The first-order valence-corrected chi connectivity index (χ1v) is 1.84. The van der Waals surface area contributed by atoms with Crippen molar-refractivity contribution >= 4 is 8.05 Å². The molecule has 0 spiro atoms. The van der Waals surface area contributed by atoms with Crippen LogP contribution in [0.4, 0.5) is 0 Å². The summed E-state index contributed by atoms with van der Waals surface area (Å²) in [6, 6.07) is 0. The van der Waals surface area contributed by atoms with Crippen molar-refractivity contribution in [1.29, 1.82) is 0 Å². The zero-order valence-electron chi connectivity index (χ0n) is 5.19. The summed E-state index contributed by atoms with van der Waals surface area (Å²) in [6.07, 6.45) is 0. The average molecular weight is 84.9 g/mol. The van der Waals surface area contributed by atoms with Gasteiger partial charge in [-0.25, -0.2) is 0 Å². The molecule has 0 aromatic heterocycles. The maximum absolute atomic E-state index is 6.67. The molecule has 0 fully saturated rings. The predicted molar refractivity (Wildman–Crippen MR) is 29.3 cm³/mol. The van der Waals surface area contributed by atoms with Crippen LogP contribution in [0.5, 0.6) is 0 Å². The molecule has 0 saturated heterocycles. The molecule has 0 aliphatic rings. The number of rotatable bonds is 2. The smallest absolute Gasteiger partial charge is 0.257 e. The summed E-state index contributed by atoms with van der Waals surface area (Å²) < 4.78 is 11.4. The molecule has 2 heteroatoms. The molecule has 0 amide bonds. The summed E-state index contributed by atoms with van der Waals surface area (Å²) >= 11 is 0. The molecule has 0 radical (unpaired) electrons. The van der Waals surface area contributed by atoms with Gasteiger partial charge < -0.3 is 4.65 Å². The van der Waals surface area contributed by atoms with Gasteiger partial charge in [-0.2, -0.15) is 0 Å². The standard InChI is InChI=1S/C4H9BO/c1-4(2)3-6-5/h1,3,5H2,2H3/i1D/b4-1+. The Kier molecular flexibility index (Phi) is 1.95. The van der Waals surface area contributed by atoms with E-state index in [1.807, 2.05) is 6.92 Å². The van der Waals surface area contributed by atoms with Crippen molar-refractivity contribution in [2.24, 2.45) is 0 Å². The normalized spacial score (nSPS) is 14.2. The van der Waals surface area contributed by atoms with Gasteiger partial charge in [0.15, 0.2) is 0 Å². The number of hydrogen-bond acceptors (Lipinski definition) is 1. The Morgan fingerprint density at radius 2 is 3.00 bits per heavy atom. The van der Waals surface area contributed by atoms with Crippen LogP contribution in [0.2, 0.25) is 0 Å². The fourth-order valence-corrected chi connectivity index (χ4v) is 0.228. The van der Waals surface area contributed by atoms with Crippen molar-refractivity contribution in [3.8, 4) is 0 Å². The zero-order chi connectivity index (χ0) is 5.70. The van der Waals surface area contributed by atoms with E-state index in [1.54, 1.807) is 8.05 Å². The minimum Gasteiger partial charge on any atom is -0.440 e. The minimum atomic E-state index is 0.573. The van der Waals surface area contributed by atoms with Gasteiger partial charge in [-0.1, -0.05) is 12.1 Å². The summed E-state index contributed by atoms with van der Waals surface area (Å²) in [5.74, 6) is 0. The number of hydrogen-bond donors (Lipinski definition) is 0. The van der Waals surface area contributed by atoms with E-state index in [9.17, 15) is 0 Å². The highest BCUT2D eigenvalue weighted by Crippen LogP contribution is 1.82. The SMILES string of the molecule is [2H]/C=C(\C)COB. The predicted octanol–water partition coefficient (Wildman–Crippen LogP) is 0.127. The second kappa shape index (κ2) is 2.97. The third kappa shape index (κ3) is 3.76. The van der Waals surface area contributed by atoms with Crippen molar-refractivity contribution in [2.45, 2.75) is 6.92 Å². The first kappa shape index (κ1) is 3.94. The molecule has 0 N–H and O–H groups in total. The molecule has 0 heterocycles. The monoisotopic (exact) mass is 85.1 g/mol. The summed E-state index contributed by atoms with van der Waals surface area (Å²) in [7, 11) is 1.62. The van der Waals surface area contributed by atoms with Crippen molar-refractivity contribution in [1.82, 2.24) is 0 Å². The van der Waals surface area contributed by atoms with Crippen LogP contribution >= 0.6 is 0 Å². The molecular weight excluding hydrogens is 74.9 g/mol. The zero-order valence-corrected chi connectivity index (χ0v) is 4.19. The van der Waals surface area contributed by atoms with Gasteiger partial charge in [-0.05, 0) is 6.92 Å². The highest BCUT2D eigenvalue weighted by Gasteiger charge is 1.75. The quantitative estimate of drug-likeness (QED) is 0.342. The molecule has 34 valence electrons. The second-order valence-electron chi connectivity index (χ2n) is 1.28. The molecule has 0 aliphatic carbocycles. The lowest BCUT2D eigenvalue weighted by Gasteiger charge is -1.91. The topological polar surface area (TPSA) is 9.23 Å². The first-order chi connectivity index (χ1) is 3.31. The maximum Gasteiger partial charge on any atom is 0.257 e. The minimum absolute atomic E-state index is 0.573. The summed E-state index contributed by atoms with van der Waals surface area (Å²) in [5, 5.41) is 0. The van der Waals surface area contributed by atoms with Crippen LogP contribution in [-0.2, 0) is 4.65 Å². The van der Waals surface area contributed by atoms with Crippen LogP contribution in [0.25, 0.3) is 0 Å². The molecule has 0 unspecified atom stereocenters. The van der Waals surface area contributed by atoms with Crippen LogP contribution in [-0.4, -0.2) is 14.7 Å². The van der Waals surface area contributed by atoms with E-state index >= 15 is 0 Å². The van der Waals surface area contributed by atoms with E-state index in [0.29, 0.717) is 6.61 Å². The van der Waals surface area contributed by atoms with Crippen LogP contribution in [0.15, 0.2) is 12.1 Å². The Hall–Kier alpha value is -0.235. The Morgan fingerprint density at radius 1 is 2.33 bits per heavy atom. The molecule has 0 aromatic rings. The molecule has 0 atom stereocenters. The molecule has 6 heavy (non-hydrogen) atoms. The molecular formula is C4H9BO. The highest BCUT2D eigenvalue weighted by molar-refractivity contribution is 5.98. The summed E-state index contributed by atoms with van der Waals surface area (Å²) in [6.45, 7) is 3.73. The Morgan fingerprint density at radius 3 is 3.17 bits per heavy atom. The Bertz CT molecular complexity index is 72.1. The van der Waals surface area contributed by atoms with Crippen LogP contribution < -0.4 is 0 Å². The van der Waals surface area contributed by atoms with Gasteiger partial charge >= 0.3 is 0 Å². The van der Waals surface area contributed by atoms with E-state index in [-0.39, 0.29) is 0 Å². The van der Waals surface area contributed by atoms with Gasteiger partial charge in [0.1, 0.15) is 0 Å². The van der Waals surface area contributed by atoms with Crippen LogP contribution in [0, 0.1) is 0 Å². The molecule has 0 aromatic carbocycles. The van der Waals surface area contributed by atoms with Crippen molar-refractivity contribution in [2.75, 3.05) is 6.61 Å². The summed E-state index contributed by atoms with van der Waals surface area (Å²) in [4.78, 5) is 0.